The Bertz CT molecular complexity index is 847. The third-order valence-corrected chi connectivity index (χ3v) is 3.48. The molecule has 2 amide bonds. The molecule has 0 fully saturated rings. The third-order valence-electron chi connectivity index (χ3n) is 3.19. The predicted molar refractivity (Wildman–Crippen MR) is 89.2 cm³/mol. The second-order valence-corrected chi connectivity index (χ2v) is 5.53. The SMILES string of the molecule is O=C(O)CCNC(=O)c1cc(C(=O)NCc2ccc(F)c(Cl)c2)ncn1. The first-order chi connectivity index (χ1) is 12.4. The van der Waals surface area contributed by atoms with E-state index >= 15 is 0 Å². The van der Waals surface area contributed by atoms with Crippen LogP contribution in [0.3, 0.4) is 0 Å². The molecule has 0 saturated carbocycles. The monoisotopic (exact) mass is 380 g/mol. The molecule has 0 unspecified atom stereocenters. The van der Waals surface area contributed by atoms with E-state index in [-0.39, 0.29) is 35.9 Å². The van der Waals surface area contributed by atoms with Crippen molar-refractivity contribution in [1.29, 1.82) is 0 Å². The second kappa shape index (κ2) is 8.86. The molecule has 8 nitrogen and oxygen atoms in total. The van der Waals surface area contributed by atoms with E-state index in [0.717, 1.165) is 6.33 Å². The smallest absolute Gasteiger partial charge is 0.305 e. The normalized spacial score (nSPS) is 10.2. The Labute approximate surface area is 152 Å². The number of hydrogen-bond acceptors (Lipinski definition) is 5. The minimum atomic E-state index is -1.05. The van der Waals surface area contributed by atoms with E-state index in [1.807, 2.05) is 0 Å². The van der Waals surface area contributed by atoms with Crippen LogP contribution in [0.2, 0.25) is 5.02 Å². The number of nitrogens with zero attached hydrogens (tertiary/aromatic N) is 2. The second-order valence-electron chi connectivity index (χ2n) is 5.12. The molecule has 0 aliphatic carbocycles. The van der Waals surface area contributed by atoms with Crippen LogP contribution in [0.25, 0.3) is 0 Å². The summed E-state index contributed by atoms with van der Waals surface area (Å²) in [4.78, 5) is 42.0. The zero-order valence-corrected chi connectivity index (χ0v) is 14.1. The van der Waals surface area contributed by atoms with Gasteiger partial charge in [-0.25, -0.2) is 14.4 Å². The lowest BCUT2D eigenvalue weighted by Gasteiger charge is -2.07. The lowest BCUT2D eigenvalue weighted by atomic mass is 10.2. The number of rotatable bonds is 7. The zero-order chi connectivity index (χ0) is 19.1. The Hall–Kier alpha value is -3.07. The van der Waals surface area contributed by atoms with Crippen LogP contribution in [0.1, 0.15) is 33.0 Å². The number of nitrogens with one attached hydrogen (secondary N) is 2. The molecule has 0 atom stereocenters. The van der Waals surface area contributed by atoms with E-state index in [0.29, 0.717) is 5.56 Å². The van der Waals surface area contributed by atoms with Gasteiger partial charge in [-0.1, -0.05) is 17.7 Å². The summed E-state index contributed by atoms with van der Waals surface area (Å²) < 4.78 is 13.1. The Morgan fingerprint density at radius 1 is 1.08 bits per heavy atom. The Morgan fingerprint density at radius 3 is 2.35 bits per heavy atom. The first kappa shape index (κ1) is 19.3. The maximum atomic E-state index is 13.1. The van der Waals surface area contributed by atoms with Crippen molar-refractivity contribution in [3.05, 3.63) is 58.4 Å². The van der Waals surface area contributed by atoms with Gasteiger partial charge in [0, 0.05) is 19.2 Å². The number of hydrogen-bond donors (Lipinski definition) is 3. The van der Waals surface area contributed by atoms with Crippen LogP contribution >= 0.6 is 11.6 Å². The van der Waals surface area contributed by atoms with Crippen LogP contribution in [0.15, 0.2) is 30.6 Å². The lowest BCUT2D eigenvalue weighted by Crippen LogP contribution is -2.28. The minimum Gasteiger partial charge on any atom is -0.481 e. The summed E-state index contributed by atoms with van der Waals surface area (Å²) in [5.41, 5.74) is 0.474. The van der Waals surface area contributed by atoms with Crippen LogP contribution in [0.5, 0.6) is 0 Å². The molecule has 26 heavy (non-hydrogen) atoms. The first-order valence-corrected chi connectivity index (χ1v) is 7.79. The van der Waals surface area contributed by atoms with Crippen molar-refractivity contribution in [3.8, 4) is 0 Å². The van der Waals surface area contributed by atoms with Crippen molar-refractivity contribution in [2.75, 3.05) is 6.54 Å². The number of benzene rings is 1. The number of halogens is 2. The molecule has 1 heterocycles. The Balaban J connectivity index is 1.97. The standard InChI is InChI=1S/C16H14ClFN4O4/c17-10-5-9(1-2-11(10)18)7-20-16(26)13-6-12(21-8-22-13)15(25)19-4-3-14(23)24/h1-2,5-6,8H,3-4,7H2,(H,19,25)(H,20,26)(H,23,24). The van der Waals surface area contributed by atoms with E-state index in [1.54, 1.807) is 0 Å². The molecule has 136 valence electrons. The molecular weight excluding hydrogens is 367 g/mol. The summed E-state index contributed by atoms with van der Waals surface area (Å²) in [5.74, 6) is -2.79. The van der Waals surface area contributed by atoms with E-state index < -0.39 is 23.6 Å². The van der Waals surface area contributed by atoms with Gasteiger partial charge in [0.1, 0.15) is 23.5 Å². The van der Waals surface area contributed by atoms with E-state index in [2.05, 4.69) is 20.6 Å². The number of carboxylic acids is 1. The molecule has 0 aliphatic heterocycles. The quantitative estimate of drug-likeness (QED) is 0.667. The van der Waals surface area contributed by atoms with Gasteiger partial charge in [0.15, 0.2) is 0 Å². The highest BCUT2D eigenvalue weighted by Crippen LogP contribution is 2.15. The molecule has 0 spiro atoms. The summed E-state index contributed by atoms with van der Waals surface area (Å²) >= 11 is 5.67. The Kier molecular flexibility index (Phi) is 6.56. The van der Waals surface area contributed by atoms with E-state index in [1.165, 1.54) is 24.3 Å². The van der Waals surface area contributed by atoms with Crippen LogP contribution in [-0.2, 0) is 11.3 Å². The largest absolute Gasteiger partial charge is 0.481 e. The van der Waals surface area contributed by atoms with Gasteiger partial charge >= 0.3 is 5.97 Å². The minimum absolute atomic E-state index is 0.0448. The van der Waals surface area contributed by atoms with Crippen LogP contribution in [0, 0.1) is 5.82 Å². The van der Waals surface area contributed by atoms with E-state index in [4.69, 9.17) is 16.7 Å². The van der Waals surface area contributed by atoms with Gasteiger partial charge in [0.05, 0.1) is 11.4 Å². The molecule has 10 heteroatoms. The topological polar surface area (TPSA) is 121 Å². The molecule has 0 saturated heterocycles. The average molecular weight is 381 g/mol. The summed E-state index contributed by atoms with van der Waals surface area (Å²) in [6, 6.07) is 5.23. The number of carbonyl (C=O) groups excluding carboxylic acids is 2. The molecule has 1 aromatic heterocycles. The van der Waals surface area contributed by atoms with Crippen molar-refractivity contribution in [1.82, 2.24) is 20.6 Å². The Morgan fingerprint density at radius 2 is 1.73 bits per heavy atom. The zero-order valence-electron chi connectivity index (χ0n) is 13.3. The van der Waals surface area contributed by atoms with Crippen molar-refractivity contribution < 1.29 is 23.9 Å². The van der Waals surface area contributed by atoms with Gasteiger partial charge < -0.3 is 15.7 Å². The number of carboxylic acid groups (broad SMARTS) is 1. The molecule has 3 N–H and O–H groups in total. The van der Waals surface area contributed by atoms with Crippen molar-refractivity contribution in [2.45, 2.75) is 13.0 Å². The van der Waals surface area contributed by atoms with Gasteiger partial charge in [-0.05, 0) is 17.7 Å². The van der Waals surface area contributed by atoms with Crippen molar-refractivity contribution >= 4 is 29.4 Å². The van der Waals surface area contributed by atoms with Crippen LogP contribution < -0.4 is 10.6 Å². The molecular formula is C16H14ClFN4O4. The fraction of sp³-hybridized carbons (Fsp3) is 0.188. The summed E-state index contributed by atoms with van der Waals surface area (Å²) in [5, 5.41) is 13.4. The molecule has 2 aromatic rings. The van der Waals surface area contributed by atoms with Gasteiger partial charge in [-0.15, -0.1) is 0 Å². The lowest BCUT2D eigenvalue weighted by molar-refractivity contribution is -0.136. The molecule has 0 radical (unpaired) electrons. The average Bonchev–Trinajstić information content (AvgIpc) is 2.62. The molecule has 0 aliphatic rings. The van der Waals surface area contributed by atoms with Crippen molar-refractivity contribution in [2.24, 2.45) is 0 Å². The van der Waals surface area contributed by atoms with Gasteiger partial charge in [-0.2, -0.15) is 0 Å². The first-order valence-electron chi connectivity index (χ1n) is 7.41. The van der Waals surface area contributed by atoms with Crippen molar-refractivity contribution in [3.63, 3.8) is 0 Å². The number of carbonyl (C=O) groups is 3. The van der Waals surface area contributed by atoms with Crippen LogP contribution in [-0.4, -0.2) is 39.4 Å². The molecule has 0 bridgehead atoms. The number of amides is 2. The van der Waals surface area contributed by atoms with Gasteiger partial charge in [0.2, 0.25) is 0 Å². The molecule has 1 aromatic carbocycles. The van der Waals surface area contributed by atoms with Crippen LogP contribution in [0.4, 0.5) is 4.39 Å². The highest BCUT2D eigenvalue weighted by atomic mass is 35.5. The predicted octanol–water partition coefficient (Wildman–Crippen LogP) is 1.40. The highest BCUT2D eigenvalue weighted by molar-refractivity contribution is 6.30. The number of aliphatic carboxylic acids is 1. The summed E-state index contributed by atoms with van der Waals surface area (Å²) in [6.45, 7) is 0.0218. The maximum absolute atomic E-state index is 13.1. The highest BCUT2D eigenvalue weighted by Gasteiger charge is 2.13. The van der Waals surface area contributed by atoms with Gasteiger partial charge in [-0.3, -0.25) is 14.4 Å². The summed E-state index contributed by atoms with van der Waals surface area (Å²) in [6.07, 6.45) is 0.820. The fourth-order valence-electron chi connectivity index (χ4n) is 1.90. The molecule has 2 rings (SSSR count). The summed E-state index contributed by atoms with van der Waals surface area (Å²) in [7, 11) is 0. The fourth-order valence-corrected chi connectivity index (χ4v) is 2.10. The third kappa shape index (κ3) is 5.49. The van der Waals surface area contributed by atoms with Gasteiger partial charge in [0.25, 0.3) is 11.8 Å². The number of aromatic nitrogens is 2. The van der Waals surface area contributed by atoms with E-state index in [9.17, 15) is 18.8 Å². The maximum Gasteiger partial charge on any atom is 0.305 e.